The molecule has 1 fully saturated rings. The first-order valence-electron chi connectivity index (χ1n) is 3.29. The molecule has 0 aromatic heterocycles. The summed E-state index contributed by atoms with van der Waals surface area (Å²) in [7, 11) is 0. The van der Waals surface area contributed by atoms with E-state index < -0.39 is 12.2 Å². The van der Waals surface area contributed by atoms with Crippen molar-refractivity contribution in [2.75, 3.05) is 6.54 Å². The first-order valence-corrected chi connectivity index (χ1v) is 3.29. The van der Waals surface area contributed by atoms with Crippen LogP contribution in [0.15, 0.2) is 0 Å². The molecule has 1 rings (SSSR count). The average molecular weight is 131 g/mol. The third-order valence-corrected chi connectivity index (χ3v) is 1.71. The van der Waals surface area contributed by atoms with Gasteiger partial charge >= 0.3 is 0 Å². The topological polar surface area (TPSA) is 52.5 Å². The van der Waals surface area contributed by atoms with Crippen molar-refractivity contribution < 1.29 is 10.2 Å². The van der Waals surface area contributed by atoms with Crippen molar-refractivity contribution in [2.24, 2.45) is 0 Å². The molecule has 0 aromatic carbocycles. The molecule has 1 saturated heterocycles. The van der Waals surface area contributed by atoms with Crippen molar-refractivity contribution in [1.29, 1.82) is 0 Å². The zero-order valence-corrected chi connectivity index (χ0v) is 5.54. The molecule has 1 heterocycles. The lowest BCUT2D eigenvalue weighted by Crippen LogP contribution is -2.48. The van der Waals surface area contributed by atoms with Gasteiger partial charge in [-0.25, -0.2) is 0 Å². The van der Waals surface area contributed by atoms with E-state index in [1.165, 1.54) is 0 Å². The Balaban J connectivity index is 2.35. The summed E-state index contributed by atoms with van der Waals surface area (Å²) < 4.78 is 0. The lowest BCUT2D eigenvalue weighted by Gasteiger charge is -2.28. The van der Waals surface area contributed by atoms with Gasteiger partial charge in [-0.05, 0) is 13.3 Å². The van der Waals surface area contributed by atoms with Crippen LogP contribution in [0.3, 0.4) is 0 Å². The van der Waals surface area contributed by atoms with Crippen molar-refractivity contribution in [3.8, 4) is 0 Å². The summed E-state index contributed by atoms with van der Waals surface area (Å²) in [5.41, 5.74) is 0. The fraction of sp³-hybridized carbons (Fsp3) is 1.00. The van der Waals surface area contributed by atoms with E-state index >= 15 is 0 Å². The molecule has 0 amide bonds. The predicted molar refractivity (Wildman–Crippen MR) is 34.1 cm³/mol. The van der Waals surface area contributed by atoms with E-state index in [4.69, 9.17) is 10.2 Å². The Bertz CT molecular complexity index is 97.1. The highest BCUT2D eigenvalue weighted by atomic mass is 16.3. The van der Waals surface area contributed by atoms with E-state index in [-0.39, 0.29) is 0 Å². The van der Waals surface area contributed by atoms with Crippen LogP contribution < -0.4 is 5.32 Å². The van der Waals surface area contributed by atoms with E-state index in [1.54, 1.807) is 0 Å². The number of aliphatic hydroxyl groups is 2. The summed E-state index contributed by atoms with van der Waals surface area (Å²) in [6.45, 7) is 2.51. The molecule has 0 spiro atoms. The molecule has 1 aliphatic heterocycles. The van der Waals surface area contributed by atoms with Gasteiger partial charge in [0.25, 0.3) is 0 Å². The fourth-order valence-electron chi connectivity index (χ4n) is 1.06. The fourth-order valence-corrected chi connectivity index (χ4v) is 1.06. The van der Waals surface area contributed by atoms with Crippen LogP contribution in [-0.4, -0.2) is 35.0 Å². The normalized spacial score (nSPS) is 45.0. The van der Waals surface area contributed by atoms with Gasteiger partial charge in [0.2, 0.25) is 0 Å². The molecule has 9 heavy (non-hydrogen) atoms. The van der Waals surface area contributed by atoms with E-state index in [0.29, 0.717) is 19.0 Å². The van der Waals surface area contributed by atoms with E-state index in [2.05, 4.69) is 5.32 Å². The molecule has 0 radical (unpaired) electrons. The summed E-state index contributed by atoms with van der Waals surface area (Å²) in [5.74, 6) is 0. The Morgan fingerprint density at radius 3 is 2.44 bits per heavy atom. The molecular formula is C6H13NO2. The van der Waals surface area contributed by atoms with Crippen molar-refractivity contribution in [3.05, 3.63) is 0 Å². The van der Waals surface area contributed by atoms with Crippen LogP contribution >= 0.6 is 0 Å². The Hall–Kier alpha value is -0.120. The average Bonchev–Trinajstić information content (AvgIpc) is 1.80. The van der Waals surface area contributed by atoms with E-state index in [9.17, 15) is 0 Å². The van der Waals surface area contributed by atoms with Gasteiger partial charge in [-0.2, -0.15) is 0 Å². The Morgan fingerprint density at radius 2 is 2.00 bits per heavy atom. The van der Waals surface area contributed by atoms with Crippen LogP contribution in [0.1, 0.15) is 13.3 Å². The summed E-state index contributed by atoms with van der Waals surface area (Å²) >= 11 is 0. The number of β-amino-alcohol motifs (C(OH)–C–C–N with tert-alkyl or cyclic N) is 1. The largest absolute Gasteiger partial charge is 0.390 e. The Kier molecular flexibility index (Phi) is 2.05. The summed E-state index contributed by atoms with van der Waals surface area (Å²) in [6, 6.07) is 0.336. The van der Waals surface area contributed by atoms with Gasteiger partial charge in [-0.1, -0.05) is 0 Å². The Labute approximate surface area is 54.7 Å². The monoisotopic (exact) mass is 131 g/mol. The third-order valence-electron chi connectivity index (χ3n) is 1.71. The number of hydrogen-bond donors (Lipinski definition) is 3. The summed E-state index contributed by atoms with van der Waals surface area (Å²) in [4.78, 5) is 0. The highest BCUT2D eigenvalue weighted by Crippen LogP contribution is 2.07. The van der Waals surface area contributed by atoms with Crippen molar-refractivity contribution in [2.45, 2.75) is 31.6 Å². The molecule has 3 heteroatoms. The second-order valence-corrected chi connectivity index (χ2v) is 2.68. The van der Waals surface area contributed by atoms with Gasteiger partial charge in [0.15, 0.2) is 0 Å². The smallest absolute Gasteiger partial charge is 0.0923 e. The van der Waals surface area contributed by atoms with Crippen molar-refractivity contribution >= 4 is 0 Å². The van der Waals surface area contributed by atoms with E-state index in [0.717, 1.165) is 0 Å². The first kappa shape index (κ1) is 6.99. The van der Waals surface area contributed by atoms with Gasteiger partial charge in [-0.15, -0.1) is 0 Å². The number of piperidine rings is 1. The third kappa shape index (κ3) is 1.64. The maximum absolute atomic E-state index is 9.06. The van der Waals surface area contributed by atoms with Crippen molar-refractivity contribution in [1.82, 2.24) is 5.32 Å². The molecule has 0 bridgehead atoms. The zero-order valence-electron chi connectivity index (χ0n) is 5.54. The minimum absolute atomic E-state index is 0.336. The molecule has 1 aliphatic rings. The molecule has 3 N–H and O–H groups in total. The predicted octanol–water partition coefficient (Wildman–Crippen LogP) is -0.910. The van der Waals surface area contributed by atoms with Gasteiger partial charge < -0.3 is 15.5 Å². The number of aliphatic hydroxyl groups excluding tert-OH is 2. The van der Waals surface area contributed by atoms with Gasteiger partial charge in [0.05, 0.1) is 12.2 Å². The van der Waals surface area contributed by atoms with Crippen LogP contribution in [0.25, 0.3) is 0 Å². The van der Waals surface area contributed by atoms with Crippen LogP contribution in [0.2, 0.25) is 0 Å². The SMILES string of the molecule is C[C@H]1CC(O)C(O)CN1. The molecule has 3 nitrogen and oxygen atoms in total. The maximum atomic E-state index is 9.06. The van der Waals surface area contributed by atoms with Crippen molar-refractivity contribution in [3.63, 3.8) is 0 Å². The summed E-state index contributed by atoms with van der Waals surface area (Å²) in [5, 5.41) is 21.1. The molecule has 0 aliphatic carbocycles. The zero-order chi connectivity index (χ0) is 6.85. The molecule has 2 unspecified atom stereocenters. The standard InChI is InChI=1S/C6H13NO2/c1-4-2-5(8)6(9)3-7-4/h4-9H,2-3H2,1H3/t4-,5?,6?/m0/s1. The van der Waals surface area contributed by atoms with Crippen LogP contribution in [0.4, 0.5) is 0 Å². The highest BCUT2D eigenvalue weighted by molar-refractivity contribution is 4.81. The maximum Gasteiger partial charge on any atom is 0.0923 e. The van der Waals surface area contributed by atoms with Crippen LogP contribution in [0, 0.1) is 0 Å². The highest BCUT2D eigenvalue weighted by Gasteiger charge is 2.23. The quantitative estimate of drug-likeness (QED) is 0.399. The molecule has 0 saturated carbocycles. The minimum Gasteiger partial charge on any atom is -0.390 e. The Morgan fingerprint density at radius 1 is 1.33 bits per heavy atom. The minimum atomic E-state index is -0.568. The first-order chi connectivity index (χ1) is 4.20. The second kappa shape index (κ2) is 2.64. The van der Waals surface area contributed by atoms with Gasteiger partial charge in [-0.3, -0.25) is 0 Å². The second-order valence-electron chi connectivity index (χ2n) is 2.68. The number of rotatable bonds is 0. The number of nitrogens with one attached hydrogen (secondary N) is 1. The molecule has 3 atom stereocenters. The van der Waals surface area contributed by atoms with Gasteiger partial charge in [0.1, 0.15) is 0 Å². The molecule has 54 valence electrons. The number of hydrogen-bond acceptors (Lipinski definition) is 3. The molecule has 0 aromatic rings. The molecular weight excluding hydrogens is 118 g/mol. The van der Waals surface area contributed by atoms with Crippen LogP contribution in [0.5, 0.6) is 0 Å². The lowest BCUT2D eigenvalue weighted by atomic mass is 10.0. The summed E-state index contributed by atoms with van der Waals surface area (Å²) in [6.07, 6.45) is -0.441. The van der Waals surface area contributed by atoms with E-state index in [1.807, 2.05) is 6.92 Å². The van der Waals surface area contributed by atoms with Crippen LogP contribution in [-0.2, 0) is 0 Å². The lowest BCUT2D eigenvalue weighted by molar-refractivity contribution is -0.00990. The van der Waals surface area contributed by atoms with Gasteiger partial charge in [0, 0.05) is 12.6 Å².